The predicted molar refractivity (Wildman–Crippen MR) is 85.5 cm³/mol. The lowest BCUT2D eigenvalue weighted by molar-refractivity contribution is 0.731. The zero-order valence-corrected chi connectivity index (χ0v) is 13.2. The molecule has 1 unspecified atom stereocenters. The molecule has 1 aromatic heterocycles. The van der Waals surface area contributed by atoms with Crippen molar-refractivity contribution in [1.82, 2.24) is 4.98 Å². The number of aryl methyl sites for hydroxylation is 1. The van der Waals surface area contributed by atoms with Crippen LogP contribution in [0, 0.1) is 6.92 Å². The van der Waals surface area contributed by atoms with Crippen molar-refractivity contribution < 1.29 is 0 Å². The molecule has 100 valence electrons. The largest absolute Gasteiger partial charge is 0.327 e. The second-order valence-electron chi connectivity index (χ2n) is 4.51. The number of aromatic nitrogens is 1. The first-order valence-corrected chi connectivity index (χ1v) is 7.97. The molecule has 0 saturated carbocycles. The van der Waals surface area contributed by atoms with Gasteiger partial charge in [0, 0.05) is 39.5 Å². The summed E-state index contributed by atoms with van der Waals surface area (Å²) in [5, 5.41) is 0. The molecule has 0 aliphatic carbocycles. The molecule has 4 heteroatoms. The Balaban J connectivity index is 1.86. The highest BCUT2D eigenvalue weighted by Gasteiger charge is 2.07. The third-order valence-electron chi connectivity index (χ3n) is 2.81. The zero-order chi connectivity index (χ0) is 13.7. The SMILES string of the molecule is Cc1ccccc1SCC(N)Cc1ccc(Br)cn1. The van der Waals surface area contributed by atoms with E-state index in [1.54, 1.807) is 0 Å². The van der Waals surface area contributed by atoms with E-state index in [1.807, 2.05) is 30.1 Å². The molecule has 1 heterocycles. The Labute approximate surface area is 126 Å². The molecule has 0 fully saturated rings. The van der Waals surface area contributed by atoms with Crippen LogP contribution in [0.25, 0.3) is 0 Å². The van der Waals surface area contributed by atoms with Gasteiger partial charge in [-0.1, -0.05) is 18.2 Å². The number of pyridine rings is 1. The number of nitrogens with zero attached hydrogens (tertiary/aromatic N) is 1. The molecule has 0 bridgehead atoms. The average Bonchev–Trinajstić information content (AvgIpc) is 2.40. The van der Waals surface area contributed by atoms with E-state index < -0.39 is 0 Å². The van der Waals surface area contributed by atoms with Gasteiger partial charge in [-0.15, -0.1) is 11.8 Å². The van der Waals surface area contributed by atoms with E-state index in [0.717, 1.165) is 22.3 Å². The molecule has 2 aromatic rings. The Hall–Kier alpha value is -0.840. The highest BCUT2D eigenvalue weighted by atomic mass is 79.9. The number of benzene rings is 1. The molecular formula is C15H17BrN2S. The zero-order valence-electron chi connectivity index (χ0n) is 10.8. The summed E-state index contributed by atoms with van der Waals surface area (Å²) in [5.74, 6) is 0.905. The van der Waals surface area contributed by atoms with E-state index in [9.17, 15) is 0 Å². The summed E-state index contributed by atoms with van der Waals surface area (Å²) in [7, 11) is 0. The van der Waals surface area contributed by atoms with Gasteiger partial charge in [0.15, 0.2) is 0 Å². The minimum atomic E-state index is 0.123. The van der Waals surface area contributed by atoms with Crippen LogP contribution in [0.2, 0.25) is 0 Å². The van der Waals surface area contributed by atoms with Gasteiger partial charge in [-0.05, 0) is 46.6 Å². The molecular weight excluding hydrogens is 320 g/mol. The van der Waals surface area contributed by atoms with Crippen LogP contribution in [0.5, 0.6) is 0 Å². The minimum absolute atomic E-state index is 0.123. The molecule has 2 nitrogen and oxygen atoms in total. The summed E-state index contributed by atoms with van der Waals surface area (Å²) in [4.78, 5) is 5.66. The summed E-state index contributed by atoms with van der Waals surface area (Å²) in [6, 6.07) is 12.5. The van der Waals surface area contributed by atoms with Crippen molar-refractivity contribution in [3.8, 4) is 0 Å². The molecule has 0 amide bonds. The van der Waals surface area contributed by atoms with Crippen LogP contribution in [-0.4, -0.2) is 16.8 Å². The van der Waals surface area contributed by atoms with Gasteiger partial charge in [0.25, 0.3) is 0 Å². The van der Waals surface area contributed by atoms with Gasteiger partial charge in [0.2, 0.25) is 0 Å². The lowest BCUT2D eigenvalue weighted by Gasteiger charge is -2.12. The first kappa shape index (κ1) is 14.6. The van der Waals surface area contributed by atoms with Gasteiger partial charge in [-0.3, -0.25) is 4.98 Å². The lowest BCUT2D eigenvalue weighted by Crippen LogP contribution is -2.26. The van der Waals surface area contributed by atoms with Gasteiger partial charge in [0.1, 0.15) is 0 Å². The maximum atomic E-state index is 6.17. The first-order chi connectivity index (χ1) is 9.15. The average molecular weight is 337 g/mol. The third kappa shape index (κ3) is 4.64. The number of rotatable bonds is 5. The Kier molecular flexibility index (Phi) is 5.43. The Morgan fingerprint density at radius 3 is 2.74 bits per heavy atom. The number of hydrogen-bond donors (Lipinski definition) is 1. The summed E-state index contributed by atoms with van der Waals surface area (Å²) < 4.78 is 0.999. The Morgan fingerprint density at radius 2 is 2.05 bits per heavy atom. The lowest BCUT2D eigenvalue weighted by atomic mass is 10.2. The Morgan fingerprint density at radius 1 is 1.26 bits per heavy atom. The number of halogens is 1. The van der Waals surface area contributed by atoms with Crippen LogP contribution < -0.4 is 5.73 Å². The minimum Gasteiger partial charge on any atom is -0.327 e. The number of hydrogen-bond acceptors (Lipinski definition) is 3. The van der Waals surface area contributed by atoms with Crippen molar-refractivity contribution in [3.05, 3.63) is 58.3 Å². The van der Waals surface area contributed by atoms with E-state index in [4.69, 9.17) is 5.73 Å². The number of thioether (sulfide) groups is 1. The van der Waals surface area contributed by atoms with Crippen molar-refractivity contribution >= 4 is 27.7 Å². The van der Waals surface area contributed by atoms with Crippen molar-refractivity contribution in [2.24, 2.45) is 5.73 Å². The normalized spacial score (nSPS) is 12.4. The van der Waals surface area contributed by atoms with Gasteiger partial charge in [-0.2, -0.15) is 0 Å². The van der Waals surface area contributed by atoms with Crippen LogP contribution in [0.15, 0.2) is 52.0 Å². The van der Waals surface area contributed by atoms with Crippen molar-refractivity contribution in [2.75, 3.05) is 5.75 Å². The monoisotopic (exact) mass is 336 g/mol. The third-order valence-corrected chi connectivity index (χ3v) is 4.64. The van der Waals surface area contributed by atoms with Gasteiger partial charge < -0.3 is 5.73 Å². The highest BCUT2D eigenvalue weighted by molar-refractivity contribution is 9.10. The summed E-state index contributed by atoms with van der Waals surface area (Å²) in [6.07, 6.45) is 2.63. The standard InChI is InChI=1S/C15H17BrN2S/c1-11-4-2-3-5-15(11)19-10-13(17)8-14-7-6-12(16)9-18-14/h2-7,9,13H,8,10,17H2,1H3. The van der Waals surface area contributed by atoms with Crippen LogP contribution in [0.4, 0.5) is 0 Å². The molecule has 0 saturated heterocycles. The fraction of sp³-hybridized carbons (Fsp3) is 0.267. The second-order valence-corrected chi connectivity index (χ2v) is 6.49. The predicted octanol–water partition coefficient (Wildman–Crippen LogP) is 3.81. The number of nitrogens with two attached hydrogens (primary N) is 1. The van der Waals surface area contributed by atoms with Crippen LogP contribution in [0.1, 0.15) is 11.3 Å². The maximum Gasteiger partial charge on any atom is 0.0420 e. The molecule has 2 N–H and O–H groups in total. The molecule has 0 aliphatic heterocycles. The van der Waals surface area contributed by atoms with Crippen LogP contribution in [0.3, 0.4) is 0 Å². The van der Waals surface area contributed by atoms with E-state index in [0.29, 0.717) is 0 Å². The highest BCUT2D eigenvalue weighted by Crippen LogP contribution is 2.22. The molecule has 1 atom stereocenters. The first-order valence-electron chi connectivity index (χ1n) is 6.19. The summed E-state index contributed by atoms with van der Waals surface area (Å²) >= 11 is 5.20. The molecule has 2 rings (SSSR count). The molecule has 0 aliphatic rings. The van der Waals surface area contributed by atoms with Crippen molar-refractivity contribution in [1.29, 1.82) is 0 Å². The van der Waals surface area contributed by atoms with Crippen molar-refractivity contribution in [2.45, 2.75) is 24.3 Å². The van der Waals surface area contributed by atoms with Crippen LogP contribution >= 0.6 is 27.7 Å². The Bertz CT molecular complexity index is 528. The van der Waals surface area contributed by atoms with Gasteiger partial charge >= 0.3 is 0 Å². The van der Waals surface area contributed by atoms with E-state index in [1.165, 1.54) is 10.5 Å². The van der Waals surface area contributed by atoms with E-state index in [2.05, 4.69) is 52.1 Å². The maximum absolute atomic E-state index is 6.17. The summed E-state index contributed by atoms with van der Waals surface area (Å²) in [5.41, 5.74) is 8.52. The second kappa shape index (κ2) is 7.08. The van der Waals surface area contributed by atoms with Gasteiger partial charge in [-0.25, -0.2) is 0 Å². The molecule has 1 aromatic carbocycles. The molecule has 0 spiro atoms. The fourth-order valence-electron chi connectivity index (χ4n) is 1.77. The van der Waals surface area contributed by atoms with Crippen molar-refractivity contribution in [3.63, 3.8) is 0 Å². The summed E-state index contributed by atoms with van der Waals surface area (Å²) in [6.45, 7) is 2.13. The smallest absolute Gasteiger partial charge is 0.0420 e. The fourth-order valence-corrected chi connectivity index (χ4v) is 2.99. The van der Waals surface area contributed by atoms with E-state index in [-0.39, 0.29) is 6.04 Å². The molecule has 0 radical (unpaired) electrons. The van der Waals surface area contributed by atoms with Crippen LogP contribution in [-0.2, 0) is 6.42 Å². The van der Waals surface area contributed by atoms with Gasteiger partial charge in [0.05, 0.1) is 0 Å². The molecule has 19 heavy (non-hydrogen) atoms. The topological polar surface area (TPSA) is 38.9 Å². The quantitative estimate of drug-likeness (QED) is 0.843. The van der Waals surface area contributed by atoms with E-state index >= 15 is 0 Å².